The Morgan fingerprint density at radius 1 is 1.00 bits per heavy atom. The van der Waals surface area contributed by atoms with Crippen molar-refractivity contribution in [2.75, 3.05) is 6.61 Å². The van der Waals surface area contributed by atoms with E-state index < -0.39 is 8.07 Å². The molecule has 0 unspecified atom stereocenters. The summed E-state index contributed by atoms with van der Waals surface area (Å²) in [6, 6.07) is 16.9. The number of aliphatic hydroxyl groups excluding tert-OH is 1. The van der Waals surface area contributed by atoms with Crippen LogP contribution in [0.1, 0.15) is 45.1 Å². The second-order valence-electron chi connectivity index (χ2n) is 7.69. The van der Waals surface area contributed by atoms with Gasteiger partial charge in [0.25, 0.3) is 0 Å². The summed E-state index contributed by atoms with van der Waals surface area (Å²) >= 11 is 0. The normalized spacial score (nSPS) is 12.8. The molecule has 0 radical (unpaired) electrons. The van der Waals surface area contributed by atoms with Crippen molar-refractivity contribution in [1.82, 2.24) is 0 Å². The Kier molecular flexibility index (Phi) is 7.92. The maximum Gasteiger partial charge on any atom is 0.119 e. The molecule has 0 spiro atoms. The average Bonchev–Trinajstić information content (AvgIpc) is 2.68. The summed E-state index contributed by atoms with van der Waals surface area (Å²) in [7, 11) is -1.83. The monoisotopic (exact) mass is 370 g/mol. The first kappa shape index (κ1) is 20.7. The van der Waals surface area contributed by atoms with Gasteiger partial charge in [-0.2, -0.15) is 0 Å². The number of hydrogen-bond acceptors (Lipinski definition) is 2. The molecule has 26 heavy (non-hydrogen) atoms. The Hall–Kier alpha value is -1.58. The van der Waals surface area contributed by atoms with Gasteiger partial charge in [0.15, 0.2) is 0 Å². The van der Waals surface area contributed by atoms with Gasteiger partial charge in [0.2, 0.25) is 0 Å². The Balaban J connectivity index is 2.08. The first-order chi connectivity index (χ1) is 12.5. The molecule has 0 aromatic heterocycles. The summed E-state index contributed by atoms with van der Waals surface area (Å²) in [5.74, 6) is 1.61. The van der Waals surface area contributed by atoms with E-state index in [1.807, 2.05) is 12.1 Å². The van der Waals surface area contributed by atoms with Gasteiger partial charge < -0.3 is 9.84 Å². The van der Waals surface area contributed by atoms with Crippen LogP contribution in [0.25, 0.3) is 0 Å². The van der Waals surface area contributed by atoms with Gasteiger partial charge in [-0.15, -0.1) is 0 Å². The lowest BCUT2D eigenvalue weighted by atomic mass is 10.0. The molecule has 0 aliphatic heterocycles. The molecule has 3 heteroatoms. The van der Waals surface area contributed by atoms with Crippen molar-refractivity contribution >= 4 is 18.4 Å². The fourth-order valence-electron chi connectivity index (χ4n) is 3.50. The lowest BCUT2D eigenvalue weighted by molar-refractivity contribution is 0.233. The highest BCUT2D eigenvalue weighted by molar-refractivity contribution is 7.00. The Morgan fingerprint density at radius 3 is 2.31 bits per heavy atom. The zero-order valence-corrected chi connectivity index (χ0v) is 17.8. The Morgan fingerprint density at radius 2 is 1.69 bits per heavy atom. The summed E-state index contributed by atoms with van der Waals surface area (Å²) in [6.45, 7) is 10.1. The van der Waals surface area contributed by atoms with E-state index in [4.69, 9.17) is 4.74 Å². The predicted molar refractivity (Wildman–Crippen MR) is 114 cm³/mol. The second kappa shape index (κ2) is 9.93. The molecule has 0 heterocycles. The minimum atomic E-state index is -1.83. The highest BCUT2D eigenvalue weighted by Crippen LogP contribution is 2.17. The molecule has 142 valence electrons. The molecule has 1 atom stereocenters. The summed E-state index contributed by atoms with van der Waals surface area (Å²) < 4.78 is 6.05. The van der Waals surface area contributed by atoms with Crippen LogP contribution in [-0.2, 0) is 6.61 Å². The smallest absolute Gasteiger partial charge is 0.119 e. The number of benzene rings is 2. The molecular weight excluding hydrogens is 336 g/mol. The Bertz CT molecular complexity index is 664. The van der Waals surface area contributed by atoms with E-state index >= 15 is 0 Å². The molecule has 2 aromatic rings. The van der Waals surface area contributed by atoms with E-state index in [2.05, 4.69) is 63.3 Å². The first-order valence-corrected chi connectivity index (χ1v) is 13.0. The minimum absolute atomic E-state index is 0.101. The molecule has 2 nitrogen and oxygen atoms in total. The summed E-state index contributed by atoms with van der Waals surface area (Å²) in [5.41, 5.74) is 1.05. The third-order valence-corrected chi connectivity index (χ3v) is 9.08. The van der Waals surface area contributed by atoms with Gasteiger partial charge in [0.05, 0.1) is 13.2 Å². The summed E-state index contributed by atoms with van der Waals surface area (Å²) in [6.07, 6.45) is 4.96. The number of rotatable bonds is 10. The van der Waals surface area contributed by atoms with Crippen molar-refractivity contribution in [1.29, 1.82) is 0 Å². The number of aliphatic hydroxyl groups is 1. The van der Waals surface area contributed by atoms with Crippen LogP contribution in [-0.4, -0.2) is 19.8 Å². The third kappa shape index (κ3) is 5.21. The largest absolute Gasteiger partial charge is 0.493 e. The van der Waals surface area contributed by atoms with Gasteiger partial charge in [-0.3, -0.25) is 0 Å². The van der Waals surface area contributed by atoms with Crippen molar-refractivity contribution in [3.8, 4) is 5.75 Å². The maximum absolute atomic E-state index is 9.68. The van der Waals surface area contributed by atoms with Crippen molar-refractivity contribution in [3.05, 3.63) is 54.1 Å². The van der Waals surface area contributed by atoms with Crippen LogP contribution in [0.5, 0.6) is 5.75 Å². The molecule has 0 saturated carbocycles. The van der Waals surface area contributed by atoms with Crippen molar-refractivity contribution in [2.45, 2.75) is 59.2 Å². The molecule has 0 fully saturated rings. The van der Waals surface area contributed by atoms with E-state index in [1.54, 1.807) is 0 Å². The van der Waals surface area contributed by atoms with Gasteiger partial charge in [-0.05, 0) is 35.2 Å². The first-order valence-electron chi connectivity index (χ1n) is 9.95. The van der Waals surface area contributed by atoms with E-state index in [0.29, 0.717) is 5.92 Å². The number of unbranched alkanes of at least 4 members (excludes halogenated alkanes) is 1. The lowest BCUT2D eigenvalue weighted by Gasteiger charge is -2.26. The third-order valence-electron chi connectivity index (χ3n) is 5.47. The van der Waals surface area contributed by atoms with Crippen LogP contribution >= 0.6 is 0 Å². The second-order valence-corrected chi connectivity index (χ2v) is 12.1. The van der Waals surface area contributed by atoms with E-state index in [0.717, 1.165) is 17.9 Å². The van der Waals surface area contributed by atoms with E-state index in [1.165, 1.54) is 36.1 Å². The van der Waals surface area contributed by atoms with Crippen LogP contribution in [0.15, 0.2) is 48.5 Å². The average molecular weight is 371 g/mol. The highest BCUT2D eigenvalue weighted by Gasteiger charge is 2.28. The molecule has 0 amide bonds. The van der Waals surface area contributed by atoms with Gasteiger partial charge in [0.1, 0.15) is 13.8 Å². The molecule has 1 N–H and O–H groups in total. The summed E-state index contributed by atoms with van der Waals surface area (Å²) in [5, 5.41) is 12.4. The standard InChI is InChI=1S/C23H34O2Si/c1-5-7-10-19(6-2)18-25-21-13-15-22(16-14-21)26(3,4)23-12-9-8-11-20(23)17-24/h8-9,11-16,19,24H,5-7,10,17-18H2,1-4H3/t19-/m1/s1. The van der Waals surface area contributed by atoms with Crippen LogP contribution < -0.4 is 15.1 Å². The fourth-order valence-corrected chi connectivity index (χ4v) is 6.29. The highest BCUT2D eigenvalue weighted by atomic mass is 28.3. The van der Waals surface area contributed by atoms with Crippen LogP contribution in [0.4, 0.5) is 0 Å². The van der Waals surface area contributed by atoms with Crippen molar-refractivity contribution < 1.29 is 9.84 Å². The molecule has 0 aliphatic rings. The number of hydrogen-bond donors (Lipinski definition) is 1. The van der Waals surface area contributed by atoms with Crippen LogP contribution in [0.2, 0.25) is 13.1 Å². The fraction of sp³-hybridized carbons (Fsp3) is 0.478. The quantitative estimate of drug-likeness (QED) is 0.620. The van der Waals surface area contributed by atoms with Gasteiger partial charge in [-0.25, -0.2) is 0 Å². The van der Waals surface area contributed by atoms with Crippen molar-refractivity contribution in [2.24, 2.45) is 5.92 Å². The van der Waals surface area contributed by atoms with Gasteiger partial charge in [0, 0.05) is 0 Å². The topological polar surface area (TPSA) is 29.5 Å². The van der Waals surface area contributed by atoms with E-state index in [-0.39, 0.29) is 6.61 Å². The number of ether oxygens (including phenoxy) is 1. The Labute approximate surface area is 160 Å². The zero-order chi connectivity index (χ0) is 19.0. The minimum Gasteiger partial charge on any atom is -0.493 e. The SMILES string of the molecule is CCCC[C@@H](CC)COc1ccc([Si](C)(C)c2ccccc2CO)cc1. The van der Waals surface area contributed by atoms with Crippen LogP contribution in [0, 0.1) is 5.92 Å². The molecule has 2 aromatic carbocycles. The maximum atomic E-state index is 9.68. The van der Waals surface area contributed by atoms with E-state index in [9.17, 15) is 5.11 Å². The molecule has 0 saturated heterocycles. The summed E-state index contributed by atoms with van der Waals surface area (Å²) in [4.78, 5) is 0. The molecule has 0 bridgehead atoms. The zero-order valence-electron chi connectivity index (χ0n) is 16.8. The van der Waals surface area contributed by atoms with Gasteiger partial charge >= 0.3 is 0 Å². The molecule has 0 aliphatic carbocycles. The van der Waals surface area contributed by atoms with Crippen molar-refractivity contribution in [3.63, 3.8) is 0 Å². The predicted octanol–water partition coefficient (Wildman–Crippen LogP) is 4.60. The molecular formula is C23H34O2Si. The van der Waals surface area contributed by atoms with Gasteiger partial charge in [-0.1, -0.05) is 87.8 Å². The van der Waals surface area contributed by atoms with Crippen LogP contribution in [0.3, 0.4) is 0 Å². The molecule has 2 rings (SSSR count). The lowest BCUT2D eigenvalue weighted by Crippen LogP contribution is -2.54.